The van der Waals surface area contributed by atoms with Crippen molar-refractivity contribution in [2.45, 2.75) is 6.92 Å². The Morgan fingerprint density at radius 3 is 2.89 bits per heavy atom. The van der Waals surface area contributed by atoms with Crippen LogP contribution in [0.1, 0.15) is 6.92 Å². The Hall–Kier alpha value is -1.06. The smallest absolute Gasteiger partial charge is 0.396 e. The van der Waals surface area contributed by atoms with E-state index in [2.05, 4.69) is 9.73 Å². The molecular formula is C5H8N2O2. The molecule has 0 saturated carbocycles. The molecule has 0 bridgehead atoms. The van der Waals surface area contributed by atoms with Gasteiger partial charge in [0.25, 0.3) is 0 Å². The van der Waals surface area contributed by atoms with E-state index in [-0.39, 0.29) is 6.09 Å². The van der Waals surface area contributed by atoms with Crippen molar-refractivity contribution >= 4 is 12.0 Å². The third-order valence-electron chi connectivity index (χ3n) is 1.05. The quantitative estimate of drug-likeness (QED) is 0.475. The Labute approximate surface area is 53.1 Å². The van der Waals surface area contributed by atoms with Crippen LogP contribution in [0, 0.1) is 0 Å². The summed E-state index contributed by atoms with van der Waals surface area (Å²) in [7, 11) is 1.64. The minimum absolute atomic E-state index is 0.331. The lowest BCUT2D eigenvalue weighted by molar-refractivity contribution is 0.152. The fourth-order valence-corrected chi connectivity index (χ4v) is 0.500. The summed E-state index contributed by atoms with van der Waals surface area (Å²) in [6.45, 7) is 2.07. The van der Waals surface area contributed by atoms with Gasteiger partial charge in [-0.25, -0.2) is 9.79 Å². The van der Waals surface area contributed by atoms with E-state index in [0.29, 0.717) is 12.6 Å². The van der Waals surface area contributed by atoms with E-state index < -0.39 is 0 Å². The van der Waals surface area contributed by atoms with Crippen molar-refractivity contribution in [3.8, 4) is 0 Å². The maximum Gasteiger partial charge on any atom is 0.417 e. The van der Waals surface area contributed by atoms with Crippen molar-refractivity contribution in [1.82, 2.24) is 4.90 Å². The van der Waals surface area contributed by atoms with Gasteiger partial charge in [0.1, 0.15) is 6.67 Å². The minimum Gasteiger partial charge on any atom is -0.396 e. The summed E-state index contributed by atoms with van der Waals surface area (Å²) >= 11 is 0. The third-order valence-corrected chi connectivity index (χ3v) is 1.05. The lowest BCUT2D eigenvalue weighted by Gasteiger charge is -2.18. The van der Waals surface area contributed by atoms with E-state index in [1.165, 1.54) is 4.90 Å². The van der Waals surface area contributed by atoms with Gasteiger partial charge in [-0.1, -0.05) is 0 Å². The summed E-state index contributed by atoms with van der Waals surface area (Å²) in [5.74, 6) is 0.443. The zero-order valence-electron chi connectivity index (χ0n) is 5.42. The number of carbonyl (C=O) groups is 1. The predicted octanol–water partition coefficient (Wildman–Crippen LogP) is 0.444. The first-order valence-electron chi connectivity index (χ1n) is 2.64. The highest BCUT2D eigenvalue weighted by atomic mass is 16.6. The zero-order valence-corrected chi connectivity index (χ0v) is 5.42. The van der Waals surface area contributed by atoms with E-state index >= 15 is 0 Å². The van der Waals surface area contributed by atoms with Crippen molar-refractivity contribution in [1.29, 1.82) is 0 Å². The first-order valence-corrected chi connectivity index (χ1v) is 2.64. The highest BCUT2D eigenvalue weighted by Crippen LogP contribution is 1.98. The Kier molecular flexibility index (Phi) is 1.38. The summed E-state index contributed by atoms with van der Waals surface area (Å²) < 4.78 is 4.64. The summed E-state index contributed by atoms with van der Waals surface area (Å²) in [5, 5.41) is 0. The first kappa shape index (κ1) is 6.07. The van der Waals surface area contributed by atoms with E-state index in [1.54, 1.807) is 14.0 Å². The van der Waals surface area contributed by atoms with Crippen LogP contribution in [0.2, 0.25) is 0 Å². The lowest BCUT2D eigenvalue weighted by Crippen LogP contribution is -2.33. The molecule has 4 heteroatoms. The second-order valence-corrected chi connectivity index (χ2v) is 1.88. The molecule has 1 aliphatic heterocycles. The van der Waals surface area contributed by atoms with Crippen molar-refractivity contribution in [2.75, 3.05) is 13.7 Å². The molecule has 9 heavy (non-hydrogen) atoms. The molecule has 0 unspecified atom stereocenters. The van der Waals surface area contributed by atoms with Gasteiger partial charge in [-0.15, -0.1) is 0 Å². The number of amides is 1. The summed E-state index contributed by atoms with van der Waals surface area (Å²) in [5.41, 5.74) is 0. The number of cyclic esters (lactones) is 1. The molecule has 0 N–H and O–H groups in total. The number of hydrogen-bond acceptors (Lipinski definition) is 3. The van der Waals surface area contributed by atoms with Gasteiger partial charge in [0.2, 0.25) is 0 Å². The van der Waals surface area contributed by atoms with Crippen LogP contribution in [0.15, 0.2) is 4.99 Å². The van der Waals surface area contributed by atoms with E-state index in [4.69, 9.17) is 0 Å². The number of nitrogens with zero attached hydrogens (tertiary/aromatic N) is 2. The fraction of sp³-hybridized carbons (Fsp3) is 0.600. The third kappa shape index (κ3) is 1.19. The van der Waals surface area contributed by atoms with Gasteiger partial charge in [0.15, 0.2) is 5.90 Å². The molecule has 1 rings (SSSR count). The molecular weight excluding hydrogens is 120 g/mol. The van der Waals surface area contributed by atoms with Gasteiger partial charge >= 0.3 is 6.09 Å². The van der Waals surface area contributed by atoms with Crippen LogP contribution in [-0.2, 0) is 4.74 Å². The normalized spacial score (nSPS) is 19.1. The van der Waals surface area contributed by atoms with E-state index in [0.717, 1.165) is 0 Å². The molecule has 4 nitrogen and oxygen atoms in total. The Morgan fingerprint density at radius 2 is 2.44 bits per heavy atom. The van der Waals surface area contributed by atoms with Gasteiger partial charge in [-0.05, 0) is 0 Å². The van der Waals surface area contributed by atoms with Crippen LogP contribution in [0.25, 0.3) is 0 Å². The van der Waals surface area contributed by atoms with Crippen molar-refractivity contribution in [2.24, 2.45) is 4.99 Å². The molecule has 0 aromatic heterocycles. The average molecular weight is 128 g/mol. The second kappa shape index (κ2) is 2.05. The molecule has 0 radical (unpaired) electrons. The molecule has 0 saturated heterocycles. The molecule has 1 heterocycles. The van der Waals surface area contributed by atoms with E-state index in [1.807, 2.05) is 0 Å². The number of aliphatic imine (C=N–C) groups is 1. The summed E-state index contributed by atoms with van der Waals surface area (Å²) in [4.78, 5) is 15.9. The molecule has 0 atom stereocenters. The maximum atomic E-state index is 10.6. The molecule has 0 aliphatic carbocycles. The largest absolute Gasteiger partial charge is 0.417 e. The molecule has 1 aliphatic rings. The van der Waals surface area contributed by atoms with Crippen molar-refractivity contribution in [3.05, 3.63) is 0 Å². The second-order valence-electron chi connectivity index (χ2n) is 1.88. The van der Waals surface area contributed by atoms with Crippen molar-refractivity contribution in [3.63, 3.8) is 0 Å². The minimum atomic E-state index is -0.331. The van der Waals surface area contributed by atoms with Gasteiger partial charge in [-0.2, -0.15) is 0 Å². The topological polar surface area (TPSA) is 41.9 Å². The standard InChI is InChI=1S/C5H8N2O2/c1-4-6-3-7(2)5(8)9-4/h3H2,1-2H3. The highest BCUT2D eigenvalue weighted by Gasteiger charge is 2.14. The predicted molar refractivity (Wildman–Crippen MR) is 32.2 cm³/mol. The number of rotatable bonds is 0. The molecule has 0 aromatic rings. The number of ether oxygens (including phenoxy) is 1. The zero-order chi connectivity index (χ0) is 6.85. The van der Waals surface area contributed by atoms with Crippen LogP contribution >= 0.6 is 0 Å². The number of hydrogen-bond donors (Lipinski definition) is 0. The highest BCUT2D eigenvalue weighted by molar-refractivity contribution is 5.88. The Balaban J connectivity index is 2.65. The summed E-state index contributed by atoms with van der Waals surface area (Å²) in [6.07, 6.45) is -0.331. The fourth-order valence-electron chi connectivity index (χ4n) is 0.500. The maximum absolute atomic E-state index is 10.6. The van der Waals surface area contributed by atoms with Gasteiger partial charge < -0.3 is 4.74 Å². The monoisotopic (exact) mass is 128 g/mol. The molecule has 0 aromatic carbocycles. The Morgan fingerprint density at radius 1 is 1.78 bits per heavy atom. The van der Waals surface area contributed by atoms with Crippen LogP contribution in [0.5, 0.6) is 0 Å². The van der Waals surface area contributed by atoms with E-state index in [9.17, 15) is 4.79 Å². The molecule has 50 valence electrons. The van der Waals surface area contributed by atoms with Crippen molar-refractivity contribution < 1.29 is 9.53 Å². The van der Waals surface area contributed by atoms with Gasteiger partial charge in [0.05, 0.1) is 0 Å². The SMILES string of the molecule is CC1=NCN(C)C(=O)O1. The molecule has 0 spiro atoms. The number of carbonyl (C=O) groups excluding carboxylic acids is 1. The Bertz CT molecular complexity index is 164. The molecule has 0 fully saturated rings. The van der Waals surface area contributed by atoms with Gasteiger partial charge in [0, 0.05) is 14.0 Å². The summed E-state index contributed by atoms with van der Waals surface area (Å²) in [6, 6.07) is 0. The molecule has 1 amide bonds. The average Bonchev–Trinajstić information content (AvgIpc) is 1.80. The van der Waals surface area contributed by atoms with Gasteiger partial charge in [-0.3, -0.25) is 4.90 Å². The van der Waals surface area contributed by atoms with Crippen LogP contribution in [0.3, 0.4) is 0 Å². The van der Waals surface area contributed by atoms with Crippen LogP contribution in [0.4, 0.5) is 4.79 Å². The van der Waals surface area contributed by atoms with Crippen LogP contribution in [-0.4, -0.2) is 30.6 Å². The van der Waals surface area contributed by atoms with Crippen LogP contribution < -0.4 is 0 Å². The first-order chi connectivity index (χ1) is 4.20. The lowest BCUT2D eigenvalue weighted by atomic mass is 10.7.